The van der Waals surface area contributed by atoms with Crippen molar-refractivity contribution in [3.8, 4) is 0 Å². The summed E-state index contributed by atoms with van der Waals surface area (Å²) in [5.41, 5.74) is 1.35. The molecule has 0 amide bonds. The first kappa shape index (κ1) is 9.98. The second-order valence-electron chi connectivity index (χ2n) is 3.14. The quantitative estimate of drug-likeness (QED) is 0.567. The van der Waals surface area contributed by atoms with Crippen LogP contribution in [0.3, 0.4) is 0 Å². The van der Waals surface area contributed by atoms with Crippen LogP contribution in [0.5, 0.6) is 0 Å². The van der Waals surface area contributed by atoms with Gasteiger partial charge in [-0.25, -0.2) is 0 Å². The lowest BCUT2D eigenvalue weighted by Gasteiger charge is -1.93. The van der Waals surface area contributed by atoms with Gasteiger partial charge in [0, 0.05) is 11.0 Å². The highest BCUT2D eigenvalue weighted by atomic mass is 32.2. The SMILES string of the molecule is O=[N+]([O-])C1=CC(=Cc2ccccc2)SC1. The van der Waals surface area contributed by atoms with Crippen LogP contribution in [0.25, 0.3) is 6.08 Å². The molecule has 2 rings (SSSR count). The van der Waals surface area contributed by atoms with Crippen molar-refractivity contribution in [2.45, 2.75) is 0 Å². The van der Waals surface area contributed by atoms with Crippen molar-refractivity contribution in [2.75, 3.05) is 5.75 Å². The standard InChI is InChI=1S/C11H9NO2S/c13-12(14)10-7-11(15-8-10)6-9-4-2-1-3-5-9/h1-7H,8H2. The van der Waals surface area contributed by atoms with Gasteiger partial charge in [0.1, 0.15) is 0 Å². The molecule has 0 radical (unpaired) electrons. The van der Waals surface area contributed by atoms with E-state index in [2.05, 4.69) is 0 Å². The summed E-state index contributed by atoms with van der Waals surface area (Å²) in [6.45, 7) is 0. The molecule has 1 aromatic carbocycles. The summed E-state index contributed by atoms with van der Waals surface area (Å²) in [7, 11) is 0. The number of thioether (sulfide) groups is 1. The van der Waals surface area contributed by atoms with Gasteiger partial charge >= 0.3 is 0 Å². The number of benzene rings is 1. The zero-order chi connectivity index (χ0) is 10.7. The largest absolute Gasteiger partial charge is 0.259 e. The third-order valence-electron chi connectivity index (χ3n) is 2.04. The highest BCUT2D eigenvalue weighted by molar-refractivity contribution is 8.03. The first-order chi connectivity index (χ1) is 7.25. The minimum Gasteiger partial charge on any atom is -0.259 e. The lowest BCUT2D eigenvalue weighted by atomic mass is 10.2. The van der Waals surface area contributed by atoms with E-state index >= 15 is 0 Å². The first-order valence-electron chi connectivity index (χ1n) is 4.50. The molecule has 0 atom stereocenters. The van der Waals surface area contributed by atoms with Crippen LogP contribution >= 0.6 is 11.8 Å². The number of nitro groups is 1. The molecule has 0 saturated heterocycles. The average Bonchev–Trinajstić information content (AvgIpc) is 2.68. The smallest absolute Gasteiger partial charge is 0.257 e. The predicted molar refractivity (Wildman–Crippen MR) is 62.0 cm³/mol. The zero-order valence-corrected chi connectivity index (χ0v) is 8.74. The molecule has 0 N–H and O–H groups in total. The van der Waals surface area contributed by atoms with Crippen LogP contribution in [0.1, 0.15) is 5.56 Å². The summed E-state index contributed by atoms with van der Waals surface area (Å²) in [4.78, 5) is 11.1. The van der Waals surface area contributed by atoms with Crippen molar-refractivity contribution in [2.24, 2.45) is 0 Å². The Bertz CT molecular complexity index is 437. The van der Waals surface area contributed by atoms with E-state index in [1.165, 1.54) is 11.8 Å². The van der Waals surface area contributed by atoms with Gasteiger partial charge in [0.2, 0.25) is 0 Å². The molecule has 1 heterocycles. The van der Waals surface area contributed by atoms with E-state index in [0.717, 1.165) is 10.5 Å². The lowest BCUT2D eigenvalue weighted by Crippen LogP contribution is -1.96. The summed E-state index contributed by atoms with van der Waals surface area (Å²) < 4.78 is 0. The molecule has 0 bridgehead atoms. The van der Waals surface area contributed by atoms with Gasteiger partial charge in [0.05, 0.1) is 10.7 Å². The average molecular weight is 219 g/mol. The Labute approximate surface area is 91.6 Å². The van der Waals surface area contributed by atoms with Gasteiger partial charge in [-0.15, -0.1) is 11.8 Å². The zero-order valence-electron chi connectivity index (χ0n) is 7.92. The molecule has 0 saturated carbocycles. The molecule has 15 heavy (non-hydrogen) atoms. The molecule has 0 spiro atoms. The van der Waals surface area contributed by atoms with E-state index < -0.39 is 0 Å². The van der Waals surface area contributed by atoms with Gasteiger partial charge in [-0.1, -0.05) is 30.3 Å². The molecular formula is C11H9NO2S. The van der Waals surface area contributed by atoms with Crippen LogP contribution in [-0.2, 0) is 0 Å². The highest BCUT2D eigenvalue weighted by Gasteiger charge is 2.19. The summed E-state index contributed by atoms with van der Waals surface area (Å²) in [6, 6.07) is 9.80. The number of hydrogen-bond donors (Lipinski definition) is 0. The second-order valence-corrected chi connectivity index (χ2v) is 4.19. The van der Waals surface area contributed by atoms with Crippen LogP contribution in [0.4, 0.5) is 0 Å². The molecule has 0 aromatic heterocycles. The van der Waals surface area contributed by atoms with Gasteiger partial charge < -0.3 is 0 Å². The fraction of sp³-hybridized carbons (Fsp3) is 0.0909. The third kappa shape index (κ3) is 2.47. The van der Waals surface area contributed by atoms with Crippen molar-refractivity contribution in [3.05, 3.63) is 62.7 Å². The lowest BCUT2D eigenvalue weighted by molar-refractivity contribution is -0.423. The second kappa shape index (κ2) is 4.31. The van der Waals surface area contributed by atoms with Crippen LogP contribution in [-0.4, -0.2) is 10.7 Å². The minimum atomic E-state index is -0.321. The van der Waals surface area contributed by atoms with Crippen LogP contribution in [0.2, 0.25) is 0 Å². The molecule has 0 aliphatic carbocycles. The molecular weight excluding hydrogens is 210 g/mol. The number of hydrogen-bond acceptors (Lipinski definition) is 3. The van der Waals surface area contributed by atoms with E-state index in [4.69, 9.17) is 0 Å². The van der Waals surface area contributed by atoms with Gasteiger partial charge in [-0.05, 0) is 11.6 Å². The van der Waals surface area contributed by atoms with Crippen molar-refractivity contribution in [3.63, 3.8) is 0 Å². The highest BCUT2D eigenvalue weighted by Crippen LogP contribution is 2.30. The number of rotatable bonds is 2. The van der Waals surface area contributed by atoms with E-state index in [9.17, 15) is 10.1 Å². The van der Waals surface area contributed by atoms with Gasteiger partial charge in [-0.3, -0.25) is 10.1 Å². The van der Waals surface area contributed by atoms with Gasteiger partial charge in [0.25, 0.3) is 5.70 Å². The Balaban J connectivity index is 2.21. The normalized spacial score (nSPS) is 17.9. The van der Waals surface area contributed by atoms with Crippen LogP contribution < -0.4 is 0 Å². The first-order valence-corrected chi connectivity index (χ1v) is 5.49. The Morgan fingerprint density at radius 2 is 2.07 bits per heavy atom. The van der Waals surface area contributed by atoms with Crippen molar-refractivity contribution >= 4 is 17.8 Å². The molecule has 0 fully saturated rings. The van der Waals surface area contributed by atoms with Crippen molar-refractivity contribution < 1.29 is 4.92 Å². The maximum atomic E-state index is 10.5. The molecule has 1 aromatic rings. The summed E-state index contributed by atoms with van der Waals surface area (Å²) in [6.07, 6.45) is 3.60. The third-order valence-corrected chi connectivity index (χ3v) is 3.05. The molecule has 1 aliphatic heterocycles. The molecule has 76 valence electrons. The molecule has 1 aliphatic rings. The van der Waals surface area contributed by atoms with Gasteiger partial charge in [0.15, 0.2) is 0 Å². The number of nitrogens with zero attached hydrogens (tertiary/aromatic N) is 1. The van der Waals surface area contributed by atoms with Crippen molar-refractivity contribution in [1.29, 1.82) is 0 Å². The van der Waals surface area contributed by atoms with Crippen LogP contribution in [0, 0.1) is 10.1 Å². The Hall–Kier alpha value is -1.55. The molecule has 3 nitrogen and oxygen atoms in total. The Morgan fingerprint density at radius 3 is 2.67 bits per heavy atom. The monoisotopic (exact) mass is 219 g/mol. The van der Waals surface area contributed by atoms with Crippen LogP contribution in [0.15, 0.2) is 47.0 Å². The Kier molecular flexibility index (Phi) is 2.87. The summed E-state index contributed by atoms with van der Waals surface area (Å²) >= 11 is 1.50. The fourth-order valence-corrected chi connectivity index (χ4v) is 2.25. The van der Waals surface area contributed by atoms with E-state index in [0.29, 0.717) is 5.75 Å². The molecule has 0 unspecified atom stereocenters. The minimum absolute atomic E-state index is 0.280. The summed E-state index contributed by atoms with van der Waals surface area (Å²) in [5, 5.41) is 10.5. The summed E-state index contributed by atoms with van der Waals surface area (Å²) in [5.74, 6) is 0.464. The maximum absolute atomic E-state index is 10.5. The Morgan fingerprint density at radius 1 is 1.33 bits per heavy atom. The van der Waals surface area contributed by atoms with E-state index in [1.54, 1.807) is 6.08 Å². The number of allylic oxidation sites excluding steroid dienone is 1. The fourth-order valence-electron chi connectivity index (χ4n) is 1.31. The topological polar surface area (TPSA) is 43.1 Å². The van der Waals surface area contributed by atoms with E-state index in [-0.39, 0.29) is 10.6 Å². The molecule has 4 heteroatoms. The maximum Gasteiger partial charge on any atom is 0.257 e. The predicted octanol–water partition coefficient (Wildman–Crippen LogP) is 2.93. The van der Waals surface area contributed by atoms with E-state index in [1.807, 2.05) is 36.4 Å². The van der Waals surface area contributed by atoms with Gasteiger partial charge in [-0.2, -0.15) is 0 Å². The van der Waals surface area contributed by atoms with Crippen molar-refractivity contribution in [1.82, 2.24) is 0 Å².